The summed E-state index contributed by atoms with van der Waals surface area (Å²) >= 11 is 0. The number of aryl methyl sites for hydroxylation is 1. The number of nitrogens with one attached hydrogen (secondary N) is 1. The van der Waals surface area contributed by atoms with E-state index in [0.29, 0.717) is 17.0 Å². The molecule has 108 valence electrons. The third-order valence-corrected chi connectivity index (χ3v) is 2.81. The van der Waals surface area contributed by atoms with E-state index in [0.717, 1.165) is 5.56 Å². The first-order chi connectivity index (χ1) is 10.1. The quantitative estimate of drug-likeness (QED) is 0.882. The van der Waals surface area contributed by atoms with E-state index in [1.807, 2.05) is 31.2 Å². The van der Waals surface area contributed by atoms with E-state index in [1.54, 1.807) is 24.3 Å². The van der Waals surface area contributed by atoms with Crippen molar-refractivity contribution in [3.63, 3.8) is 0 Å². The zero-order chi connectivity index (χ0) is 15.2. The van der Waals surface area contributed by atoms with Crippen molar-refractivity contribution in [3.8, 4) is 5.75 Å². The number of anilines is 1. The molecule has 2 aromatic carbocycles. The molecule has 0 spiro atoms. The van der Waals surface area contributed by atoms with Gasteiger partial charge in [-0.25, -0.2) is 0 Å². The molecule has 0 aliphatic heterocycles. The molecule has 0 unspecified atom stereocenters. The van der Waals surface area contributed by atoms with Gasteiger partial charge in [0.25, 0.3) is 11.8 Å². The summed E-state index contributed by atoms with van der Waals surface area (Å²) in [6.07, 6.45) is 0. The minimum Gasteiger partial charge on any atom is -0.483 e. The Balaban J connectivity index is 2.14. The van der Waals surface area contributed by atoms with Crippen molar-refractivity contribution in [2.75, 3.05) is 11.9 Å². The van der Waals surface area contributed by atoms with Crippen LogP contribution < -0.4 is 15.8 Å². The van der Waals surface area contributed by atoms with Gasteiger partial charge in [0.05, 0.1) is 5.56 Å². The maximum absolute atomic E-state index is 12.3. The van der Waals surface area contributed by atoms with Crippen molar-refractivity contribution >= 4 is 17.5 Å². The van der Waals surface area contributed by atoms with Crippen LogP contribution in [0.5, 0.6) is 5.75 Å². The van der Waals surface area contributed by atoms with Crippen molar-refractivity contribution in [2.24, 2.45) is 5.73 Å². The second-order valence-electron chi connectivity index (χ2n) is 4.57. The summed E-state index contributed by atoms with van der Waals surface area (Å²) in [5.74, 6) is -0.580. The fourth-order valence-electron chi connectivity index (χ4n) is 1.76. The van der Waals surface area contributed by atoms with Gasteiger partial charge in [0.1, 0.15) is 5.75 Å². The Morgan fingerprint density at radius 1 is 1.10 bits per heavy atom. The molecule has 2 aromatic rings. The summed E-state index contributed by atoms with van der Waals surface area (Å²) in [4.78, 5) is 23.0. The summed E-state index contributed by atoms with van der Waals surface area (Å²) in [5.41, 5.74) is 7.19. The summed E-state index contributed by atoms with van der Waals surface area (Å²) in [6.45, 7) is 1.70. The highest BCUT2D eigenvalue weighted by atomic mass is 16.5. The molecule has 0 saturated carbocycles. The Morgan fingerprint density at radius 2 is 1.76 bits per heavy atom. The van der Waals surface area contributed by atoms with Crippen molar-refractivity contribution in [2.45, 2.75) is 6.92 Å². The average molecular weight is 284 g/mol. The largest absolute Gasteiger partial charge is 0.483 e. The van der Waals surface area contributed by atoms with Crippen LogP contribution in [0.1, 0.15) is 15.9 Å². The number of rotatable bonds is 5. The molecule has 3 N–H and O–H groups in total. The number of hydrogen-bond donors (Lipinski definition) is 2. The molecule has 0 atom stereocenters. The molecule has 0 fully saturated rings. The molecule has 0 saturated heterocycles. The molecule has 0 aliphatic rings. The minimum atomic E-state index is -0.594. The van der Waals surface area contributed by atoms with Crippen LogP contribution in [-0.2, 0) is 4.79 Å². The standard InChI is InChI=1S/C16H16N2O3/c1-11-6-8-12(9-7-11)18-16(20)13-4-2-3-5-14(13)21-10-15(17)19/h2-9H,10H2,1H3,(H2,17,19)(H,18,20). The monoisotopic (exact) mass is 284 g/mol. The zero-order valence-electron chi connectivity index (χ0n) is 11.6. The summed E-state index contributed by atoms with van der Waals surface area (Å²) in [6, 6.07) is 14.1. The highest BCUT2D eigenvalue weighted by Gasteiger charge is 2.12. The third-order valence-electron chi connectivity index (χ3n) is 2.81. The summed E-state index contributed by atoms with van der Waals surface area (Å²) in [5, 5.41) is 2.78. The molecule has 0 aromatic heterocycles. The molecular formula is C16H16N2O3. The second-order valence-corrected chi connectivity index (χ2v) is 4.57. The lowest BCUT2D eigenvalue weighted by Gasteiger charge is -2.10. The maximum Gasteiger partial charge on any atom is 0.259 e. The number of carbonyl (C=O) groups is 2. The normalized spacial score (nSPS) is 9.95. The molecule has 0 radical (unpaired) electrons. The van der Waals surface area contributed by atoms with Crippen LogP contribution in [0.4, 0.5) is 5.69 Å². The van der Waals surface area contributed by atoms with Gasteiger partial charge >= 0.3 is 0 Å². The number of para-hydroxylation sites is 1. The van der Waals surface area contributed by atoms with Gasteiger partial charge in [-0.1, -0.05) is 29.8 Å². The molecule has 0 heterocycles. The topological polar surface area (TPSA) is 81.4 Å². The lowest BCUT2D eigenvalue weighted by atomic mass is 10.1. The molecule has 5 heteroatoms. The molecular weight excluding hydrogens is 268 g/mol. The van der Waals surface area contributed by atoms with Gasteiger partial charge in [-0.3, -0.25) is 9.59 Å². The van der Waals surface area contributed by atoms with E-state index in [-0.39, 0.29) is 12.5 Å². The van der Waals surface area contributed by atoms with Gasteiger partial charge in [0, 0.05) is 5.69 Å². The Morgan fingerprint density at radius 3 is 2.43 bits per heavy atom. The van der Waals surface area contributed by atoms with Gasteiger partial charge < -0.3 is 15.8 Å². The Bertz CT molecular complexity index is 651. The van der Waals surface area contributed by atoms with Crippen LogP contribution in [0.2, 0.25) is 0 Å². The third kappa shape index (κ3) is 4.07. The smallest absolute Gasteiger partial charge is 0.259 e. The number of nitrogens with two attached hydrogens (primary N) is 1. The molecule has 0 aliphatic carbocycles. The SMILES string of the molecule is Cc1ccc(NC(=O)c2ccccc2OCC(N)=O)cc1. The van der Waals surface area contributed by atoms with Crippen LogP contribution >= 0.6 is 0 Å². The highest BCUT2D eigenvalue weighted by Crippen LogP contribution is 2.19. The summed E-state index contributed by atoms with van der Waals surface area (Å²) < 4.78 is 5.24. The highest BCUT2D eigenvalue weighted by molar-refractivity contribution is 6.06. The van der Waals surface area contributed by atoms with Crippen molar-refractivity contribution in [1.29, 1.82) is 0 Å². The Hall–Kier alpha value is -2.82. The lowest BCUT2D eigenvalue weighted by molar-refractivity contribution is -0.119. The second kappa shape index (κ2) is 6.56. The van der Waals surface area contributed by atoms with E-state index in [2.05, 4.69) is 5.32 Å². The van der Waals surface area contributed by atoms with Crippen LogP contribution in [0.15, 0.2) is 48.5 Å². The minimum absolute atomic E-state index is 0.269. The molecule has 0 bridgehead atoms. The molecule has 2 rings (SSSR count). The lowest BCUT2D eigenvalue weighted by Crippen LogP contribution is -2.21. The van der Waals surface area contributed by atoms with Gasteiger partial charge in [0.15, 0.2) is 6.61 Å². The Kier molecular flexibility index (Phi) is 4.56. The molecule has 5 nitrogen and oxygen atoms in total. The zero-order valence-corrected chi connectivity index (χ0v) is 11.6. The predicted molar refractivity (Wildman–Crippen MR) is 80.3 cm³/mol. The predicted octanol–water partition coefficient (Wildman–Crippen LogP) is 2.11. The Labute approximate surface area is 122 Å². The number of ether oxygens (including phenoxy) is 1. The van der Waals surface area contributed by atoms with Gasteiger partial charge in [-0.2, -0.15) is 0 Å². The maximum atomic E-state index is 12.3. The van der Waals surface area contributed by atoms with E-state index in [1.165, 1.54) is 0 Å². The van der Waals surface area contributed by atoms with Crippen LogP contribution in [0, 0.1) is 6.92 Å². The number of hydrogen-bond acceptors (Lipinski definition) is 3. The fourth-order valence-corrected chi connectivity index (χ4v) is 1.76. The van der Waals surface area contributed by atoms with Gasteiger partial charge in [-0.15, -0.1) is 0 Å². The van der Waals surface area contributed by atoms with Crippen LogP contribution in [-0.4, -0.2) is 18.4 Å². The van der Waals surface area contributed by atoms with Gasteiger partial charge in [-0.05, 0) is 31.2 Å². The number of amides is 2. The fraction of sp³-hybridized carbons (Fsp3) is 0.125. The van der Waals surface area contributed by atoms with Crippen molar-refractivity contribution in [3.05, 3.63) is 59.7 Å². The van der Waals surface area contributed by atoms with Crippen LogP contribution in [0.3, 0.4) is 0 Å². The first-order valence-corrected chi connectivity index (χ1v) is 6.44. The first kappa shape index (κ1) is 14.6. The van der Waals surface area contributed by atoms with E-state index in [4.69, 9.17) is 10.5 Å². The van der Waals surface area contributed by atoms with E-state index < -0.39 is 5.91 Å². The molecule has 2 amide bonds. The molecule has 21 heavy (non-hydrogen) atoms. The number of benzene rings is 2. The number of carbonyl (C=O) groups excluding carboxylic acids is 2. The van der Waals surface area contributed by atoms with Gasteiger partial charge in [0.2, 0.25) is 0 Å². The number of primary amides is 1. The summed E-state index contributed by atoms with van der Waals surface area (Å²) in [7, 11) is 0. The van der Waals surface area contributed by atoms with E-state index >= 15 is 0 Å². The first-order valence-electron chi connectivity index (χ1n) is 6.44. The van der Waals surface area contributed by atoms with Crippen molar-refractivity contribution < 1.29 is 14.3 Å². The van der Waals surface area contributed by atoms with Crippen LogP contribution in [0.25, 0.3) is 0 Å². The van der Waals surface area contributed by atoms with E-state index in [9.17, 15) is 9.59 Å². The average Bonchev–Trinajstić information content (AvgIpc) is 2.47. The van der Waals surface area contributed by atoms with Crippen molar-refractivity contribution in [1.82, 2.24) is 0 Å².